The molecule has 0 aliphatic heterocycles. The predicted octanol–water partition coefficient (Wildman–Crippen LogP) is 3.80. The average Bonchev–Trinajstić information content (AvgIpc) is 2.48. The van der Waals surface area contributed by atoms with E-state index >= 15 is 0 Å². The van der Waals surface area contributed by atoms with Gasteiger partial charge in [0.05, 0.1) is 4.92 Å². The Morgan fingerprint density at radius 3 is 2.86 bits per heavy atom. The smallest absolute Gasteiger partial charge is 0.311 e. The lowest BCUT2D eigenvalue weighted by molar-refractivity contribution is -0.384. The molecule has 0 aromatic carbocycles. The molecule has 1 aliphatic carbocycles. The van der Waals surface area contributed by atoms with Gasteiger partial charge in [0.2, 0.25) is 5.82 Å². The van der Waals surface area contributed by atoms with Crippen LogP contribution in [0.3, 0.4) is 0 Å². The van der Waals surface area contributed by atoms with E-state index in [0.717, 1.165) is 19.4 Å². The van der Waals surface area contributed by atoms with Crippen LogP contribution in [-0.4, -0.2) is 22.5 Å². The van der Waals surface area contributed by atoms with Crippen molar-refractivity contribution in [1.82, 2.24) is 4.98 Å². The fourth-order valence-electron chi connectivity index (χ4n) is 2.97. The summed E-state index contributed by atoms with van der Waals surface area (Å²) in [5.41, 5.74) is 0.0512. The predicted molar refractivity (Wildman–Crippen MR) is 84.7 cm³/mol. The van der Waals surface area contributed by atoms with Gasteiger partial charge in [0.1, 0.15) is 5.82 Å². The maximum atomic E-state index is 11.2. The van der Waals surface area contributed by atoms with Crippen LogP contribution in [0.15, 0.2) is 12.1 Å². The second-order valence-corrected chi connectivity index (χ2v) is 5.63. The lowest BCUT2D eigenvalue weighted by Crippen LogP contribution is -2.28. The summed E-state index contributed by atoms with van der Waals surface area (Å²) in [5.74, 6) is 1.78. The van der Waals surface area contributed by atoms with Crippen molar-refractivity contribution in [2.75, 3.05) is 17.2 Å². The van der Waals surface area contributed by atoms with Crippen molar-refractivity contribution < 1.29 is 4.92 Å². The second kappa shape index (κ2) is 7.24. The van der Waals surface area contributed by atoms with E-state index in [2.05, 4.69) is 22.5 Å². The zero-order valence-electron chi connectivity index (χ0n) is 12.8. The van der Waals surface area contributed by atoms with Crippen molar-refractivity contribution in [3.05, 3.63) is 22.2 Å². The summed E-state index contributed by atoms with van der Waals surface area (Å²) in [7, 11) is 0. The Balaban J connectivity index is 2.16. The number of hydrogen-bond acceptors (Lipinski definition) is 5. The first kappa shape index (κ1) is 15.5. The molecular formula is C15H24N4O2. The van der Waals surface area contributed by atoms with Crippen LogP contribution < -0.4 is 10.6 Å². The molecule has 0 saturated heterocycles. The molecule has 2 N–H and O–H groups in total. The largest absolute Gasteiger partial charge is 0.370 e. The molecule has 0 radical (unpaired) electrons. The Morgan fingerprint density at radius 2 is 2.19 bits per heavy atom. The molecule has 1 saturated carbocycles. The van der Waals surface area contributed by atoms with E-state index in [-0.39, 0.29) is 16.7 Å². The van der Waals surface area contributed by atoms with Crippen LogP contribution in [0, 0.1) is 16.0 Å². The Kier molecular flexibility index (Phi) is 5.36. The van der Waals surface area contributed by atoms with E-state index in [0.29, 0.717) is 17.6 Å². The third kappa shape index (κ3) is 4.06. The van der Waals surface area contributed by atoms with Crippen molar-refractivity contribution in [2.45, 2.75) is 52.0 Å². The molecular weight excluding hydrogens is 268 g/mol. The molecule has 6 nitrogen and oxygen atoms in total. The van der Waals surface area contributed by atoms with Gasteiger partial charge in [0.15, 0.2) is 0 Å². The van der Waals surface area contributed by atoms with Gasteiger partial charge >= 0.3 is 5.69 Å². The molecule has 1 fully saturated rings. The van der Waals surface area contributed by atoms with Crippen molar-refractivity contribution in [3.63, 3.8) is 0 Å². The van der Waals surface area contributed by atoms with E-state index < -0.39 is 0 Å². The zero-order valence-corrected chi connectivity index (χ0v) is 12.8. The average molecular weight is 292 g/mol. The molecule has 21 heavy (non-hydrogen) atoms. The molecule has 2 rings (SSSR count). The van der Waals surface area contributed by atoms with Gasteiger partial charge in [-0.2, -0.15) is 0 Å². The summed E-state index contributed by atoms with van der Waals surface area (Å²) >= 11 is 0. The van der Waals surface area contributed by atoms with Crippen molar-refractivity contribution in [3.8, 4) is 0 Å². The minimum Gasteiger partial charge on any atom is -0.370 e. The number of nitro groups is 1. The number of anilines is 2. The van der Waals surface area contributed by atoms with Crippen molar-refractivity contribution in [1.29, 1.82) is 0 Å². The number of nitrogens with one attached hydrogen (secondary N) is 2. The fourth-order valence-corrected chi connectivity index (χ4v) is 2.97. The highest BCUT2D eigenvalue weighted by Crippen LogP contribution is 2.31. The molecule has 1 aromatic heterocycles. The van der Waals surface area contributed by atoms with Crippen LogP contribution in [-0.2, 0) is 0 Å². The quantitative estimate of drug-likeness (QED) is 0.615. The number of aromatic nitrogens is 1. The summed E-state index contributed by atoms with van der Waals surface area (Å²) in [6.07, 6.45) is 5.74. The van der Waals surface area contributed by atoms with Crippen LogP contribution >= 0.6 is 0 Å². The topological polar surface area (TPSA) is 80.1 Å². The van der Waals surface area contributed by atoms with Crippen molar-refractivity contribution >= 4 is 17.3 Å². The fraction of sp³-hybridized carbons (Fsp3) is 0.667. The van der Waals surface area contributed by atoms with Gasteiger partial charge in [0, 0.05) is 18.7 Å². The maximum absolute atomic E-state index is 11.2. The first-order valence-electron chi connectivity index (χ1n) is 7.79. The Labute approximate surface area is 125 Å². The van der Waals surface area contributed by atoms with Gasteiger partial charge in [0.25, 0.3) is 0 Å². The molecule has 116 valence electrons. The number of nitrogens with zero attached hydrogens (tertiary/aromatic N) is 2. The molecule has 1 aliphatic rings. The van der Waals surface area contributed by atoms with Crippen LogP contribution in [0.5, 0.6) is 0 Å². The highest BCUT2D eigenvalue weighted by atomic mass is 16.6. The van der Waals surface area contributed by atoms with Crippen molar-refractivity contribution in [2.24, 2.45) is 5.92 Å². The molecule has 6 heteroatoms. The van der Waals surface area contributed by atoms with Crippen LogP contribution in [0.1, 0.15) is 46.0 Å². The number of pyridine rings is 1. The van der Waals surface area contributed by atoms with Gasteiger partial charge in [-0.25, -0.2) is 4.98 Å². The Morgan fingerprint density at radius 1 is 1.38 bits per heavy atom. The molecule has 0 bridgehead atoms. The SMILES string of the molecule is CCNc1ccc([N+](=O)[O-])c(NC2CCCC(CC)C2)n1. The molecule has 2 unspecified atom stereocenters. The first-order chi connectivity index (χ1) is 10.1. The highest BCUT2D eigenvalue weighted by molar-refractivity contribution is 5.60. The lowest BCUT2D eigenvalue weighted by Gasteiger charge is -2.29. The zero-order chi connectivity index (χ0) is 15.2. The van der Waals surface area contributed by atoms with E-state index in [1.807, 2.05) is 6.92 Å². The van der Waals surface area contributed by atoms with Crippen LogP contribution in [0.4, 0.5) is 17.3 Å². The summed E-state index contributed by atoms with van der Waals surface area (Å²) < 4.78 is 0. The summed E-state index contributed by atoms with van der Waals surface area (Å²) in [6.45, 7) is 4.92. The van der Waals surface area contributed by atoms with Crippen LogP contribution in [0.25, 0.3) is 0 Å². The summed E-state index contributed by atoms with van der Waals surface area (Å²) in [6, 6.07) is 3.46. The lowest BCUT2D eigenvalue weighted by atomic mass is 9.84. The van der Waals surface area contributed by atoms with Gasteiger partial charge in [-0.1, -0.05) is 26.2 Å². The van der Waals surface area contributed by atoms with E-state index in [1.54, 1.807) is 6.07 Å². The monoisotopic (exact) mass is 292 g/mol. The van der Waals surface area contributed by atoms with E-state index in [1.165, 1.54) is 25.3 Å². The van der Waals surface area contributed by atoms with Crippen LogP contribution in [0.2, 0.25) is 0 Å². The first-order valence-corrected chi connectivity index (χ1v) is 7.79. The highest BCUT2D eigenvalue weighted by Gasteiger charge is 2.24. The standard InChI is InChI=1S/C15H24N4O2/c1-3-11-6-5-7-12(10-11)17-15-13(19(20)21)8-9-14(18-15)16-4-2/h8-9,11-12H,3-7,10H2,1-2H3,(H2,16,17,18). The molecule has 0 spiro atoms. The van der Waals surface area contributed by atoms with Gasteiger partial charge < -0.3 is 10.6 Å². The van der Waals surface area contributed by atoms with E-state index in [9.17, 15) is 10.1 Å². The third-order valence-electron chi connectivity index (χ3n) is 4.13. The molecule has 1 heterocycles. The maximum Gasteiger partial charge on any atom is 0.311 e. The second-order valence-electron chi connectivity index (χ2n) is 5.63. The number of hydrogen-bond donors (Lipinski definition) is 2. The minimum absolute atomic E-state index is 0.0512. The molecule has 1 aromatic rings. The Hall–Kier alpha value is -1.85. The Bertz CT molecular complexity index is 493. The summed E-state index contributed by atoms with van der Waals surface area (Å²) in [4.78, 5) is 15.2. The number of rotatable bonds is 6. The van der Waals surface area contributed by atoms with Gasteiger partial charge in [-0.3, -0.25) is 10.1 Å². The normalized spacial score (nSPS) is 21.8. The van der Waals surface area contributed by atoms with Gasteiger partial charge in [-0.05, 0) is 31.7 Å². The third-order valence-corrected chi connectivity index (χ3v) is 4.13. The molecule has 0 amide bonds. The van der Waals surface area contributed by atoms with Gasteiger partial charge in [-0.15, -0.1) is 0 Å². The summed E-state index contributed by atoms with van der Waals surface area (Å²) in [5, 5.41) is 17.6. The minimum atomic E-state index is -0.370. The molecule has 2 atom stereocenters. The van der Waals surface area contributed by atoms with E-state index in [4.69, 9.17) is 0 Å².